The van der Waals surface area contributed by atoms with Gasteiger partial charge in [0, 0.05) is 13.1 Å². The van der Waals surface area contributed by atoms with Gasteiger partial charge in [-0.2, -0.15) is 15.2 Å². The summed E-state index contributed by atoms with van der Waals surface area (Å²) in [7, 11) is 0. The Labute approximate surface area is 116 Å². The van der Waals surface area contributed by atoms with Crippen LogP contribution in [-0.4, -0.2) is 40.0 Å². The Balaban J connectivity index is 1.91. The molecular weight excluding hydrogens is 258 g/mol. The van der Waals surface area contributed by atoms with Crippen molar-refractivity contribution < 1.29 is 9.26 Å². The number of aryl methyl sites for hydroxylation is 2. The minimum Gasteiger partial charge on any atom is -0.367 e. The molecule has 1 N–H and O–H groups in total. The Morgan fingerprint density at radius 1 is 1.40 bits per heavy atom. The van der Waals surface area contributed by atoms with E-state index in [2.05, 4.69) is 25.7 Å². The van der Waals surface area contributed by atoms with Crippen LogP contribution in [0, 0.1) is 6.92 Å². The van der Waals surface area contributed by atoms with Crippen LogP contribution in [0.15, 0.2) is 10.6 Å². The van der Waals surface area contributed by atoms with Gasteiger partial charge in [-0.1, -0.05) is 12.1 Å². The smallest absolute Gasteiger partial charge is 0.260 e. The first kappa shape index (κ1) is 13.1. The molecule has 1 aliphatic heterocycles. The monoisotopic (exact) mass is 275 g/mol. The number of nitrogens with zero attached hydrogens (tertiary/aromatic N) is 4. The van der Waals surface area contributed by atoms with Gasteiger partial charge in [0.05, 0.1) is 23.6 Å². The summed E-state index contributed by atoms with van der Waals surface area (Å²) in [5.41, 5.74) is 2.53. The normalized spacial score (nSPS) is 19.2. The molecule has 3 rings (SSSR count). The van der Waals surface area contributed by atoms with Crippen molar-refractivity contribution in [3.63, 3.8) is 0 Å². The molecular formula is C13H17N5O2. The van der Waals surface area contributed by atoms with Crippen molar-refractivity contribution in [3.8, 4) is 11.5 Å². The number of nitrogens with one attached hydrogen (secondary N) is 1. The topological polar surface area (TPSA) is 86.0 Å². The molecule has 0 saturated carbocycles. The number of morpholine rings is 1. The van der Waals surface area contributed by atoms with Gasteiger partial charge in [0.1, 0.15) is 6.10 Å². The first-order chi connectivity index (χ1) is 9.78. The molecule has 2 aromatic heterocycles. The van der Waals surface area contributed by atoms with Crippen LogP contribution >= 0.6 is 0 Å². The van der Waals surface area contributed by atoms with Crippen molar-refractivity contribution in [1.82, 2.24) is 25.7 Å². The van der Waals surface area contributed by atoms with Crippen LogP contribution in [-0.2, 0) is 11.2 Å². The van der Waals surface area contributed by atoms with E-state index in [0.29, 0.717) is 24.9 Å². The minimum atomic E-state index is -0.151. The van der Waals surface area contributed by atoms with Gasteiger partial charge in [-0.25, -0.2) is 0 Å². The average Bonchev–Trinajstić information content (AvgIpc) is 2.98. The van der Waals surface area contributed by atoms with Crippen LogP contribution < -0.4 is 5.32 Å². The first-order valence-corrected chi connectivity index (χ1v) is 6.77. The number of hydrogen-bond donors (Lipinski definition) is 1. The van der Waals surface area contributed by atoms with Crippen LogP contribution in [0.4, 0.5) is 0 Å². The van der Waals surface area contributed by atoms with Gasteiger partial charge in [-0.3, -0.25) is 0 Å². The second-order valence-electron chi connectivity index (χ2n) is 4.72. The number of ether oxygens (including phenoxy) is 1. The summed E-state index contributed by atoms with van der Waals surface area (Å²) in [4.78, 5) is 4.44. The summed E-state index contributed by atoms with van der Waals surface area (Å²) in [5, 5.41) is 15.5. The number of hydrogen-bond acceptors (Lipinski definition) is 7. The second kappa shape index (κ2) is 5.64. The van der Waals surface area contributed by atoms with E-state index in [1.165, 1.54) is 0 Å². The maximum absolute atomic E-state index is 5.62. The third-order valence-electron chi connectivity index (χ3n) is 3.22. The number of rotatable bonds is 3. The van der Waals surface area contributed by atoms with Crippen molar-refractivity contribution in [3.05, 3.63) is 23.3 Å². The molecule has 1 aliphatic rings. The Morgan fingerprint density at radius 2 is 2.30 bits per heavy atom. The highest BCUT2D eigenvalue weighted by Gasteiger charge is 2.23. The minimum absolute atomic E-state index is 0.151. The van der Waals surface area contributed by atoms with E-state index in [0.717, 1.165) is 29.9 Å². The molecule has 0 radical (unpaired) electrons. The Kier molecular flexibility index (Phi) is 3.70. The predicted octanol–water partition coefficient (Wildman–Crippen LogP) is 1.06. The van der Waals surface area contributed by atoms with Gasteiger partial charge >= 0.3 is 0 Å². The van der Waals surface area contributed by atoms with E-state index < -0.39 is 0 Å². The van der Waals surface area contributed by atoms with Crippen LogP contribution in [0.1, 0.15) is 30.2 Å². The largest absolute Gasteiger partial charge is 0.367 e. The molecule has 1 unspecified atom stereocenters. The lowest BCUT2D eigenvalue weighted by Crippen LogP contribution is -2.33. The molecule has 3 heterocycles. The van der Waals surface area contributed by atoms with Gasteiger partial charge in [-0.05, 0) is 19.4 Å². The zero-order chi connectivity index (χ0) is 13.9. The van der Waals surface area contributed by atoms with E-state index >= 15 is 0 Å². The molecule has 7 nitrogen and oxygen atoms in total. The molecule has 106 valence electrons. The lowest BCUT2D eigenvalue weighted by molar-refractivity contribution is 0.0208. The first-order valence-electron chi connectivity index (χ1n) is 6.77. The van der Waals surface area contributed by atoms with Gasteiger partial charge in [0.15, 0.2) is 0 Å². The molecule has 0 spiro atoms. The molecule has 7 heteroatoms. The third kappa shape index (κ3) is 2.54. The summed E-state index contributed by atoms with van der Waals surface area (Å²) < 4.78 is 11.0. The van der Waals surface area contributed by atoms with Gasteiger partial charge < -0.3 is 14.6 Å². The second-order valence-corrected chi connectivity index (χ2v) is 4.72. The van der Waals surface area contributed by atoms with Crippen LogP contribution in [0.3, 0.4) is 0 Å². The summed E-state index contributed by atoms with van der Waals surface area (Å²) in [6.45, 7) is 6.13. The van der Waals surface area contributed by atoms with E-state index in [-0.39, 0.29) is 6.10 Å². The zero-order valence-electron chi connectivity index (χ0n) is 11.6. The fourth-order valence-corrected chi connectivity index (χ4v) is 2.17. The lowest BCUT2D eigenvalue weighted by atomic mass is 10.1. The third-order valence-corrected chi connectivity index (χ3v) is 3.22. The maximum Gasteiger partial charge on any atom is 0.260 e. The highest BCUT2D eigenvalue weighted by Crippen LogP contribution is 2.24. The fourth-order valence-electron chi connectivity index (χ4n) is 2.17. The maximum atomic E-state index is 5.62. The SMILES string of the molecule is CCc1nnc(C)cc1-c1nc(C2CNCCO2)no1. The van der Waals surface area contributed by atoms with Crippen molar-refractivity contribution in [2.45, 2.75) is 26.4 Å². The summed E-state index contributed by atoms with van der Waals surface area (Å²) in [6, 6.07) is 1.92. The van der Waals surface area contributed by atoms with Crippen molar-refractivity contribution in [2.24, 2.45) is 0 Å². The van der Waals surface area contributed by atoms with Crippen molar-refractivity contribution in [1.29, 1.82) is 0 Å². The highest BCUT2D eigenvalue weighted by molar-refractivity contribution is 5.56. The molecule has 2 aromatic rings. The zero-order valence-corrected chi connectivity index (χ0v) is 11.6. The molecule has 0 amide bonds. The van der Waals surface area contributed by atoms with E-state index in [1.54, 1.807) is 0 Å². The predicted molar refractivity (Wildman–Crippen MR) is 71.0 cm³/mol. The Hall–Kier alpha value is -1.86. The van der Waals surface area contributed by atoms with E-state index in [1.807, 2.05) is 19.9 Å². The van der Waals surface area contributed by atoms with E-state index in [9.17, 15) is 0 Å². The van der Waals surface area contributed by atoms with Gasteiger partial charge in [0.2, 0.25) is 5.82 Å². The Morgan fingerprint density at radius 3 is 3.05 bits per heavy atom. The quantitative estimate of drug-likeness (QED) is 0.896. The molecule has 1 fully saturated rings. The molecule has 0 bridgehead atoms. The van der Waals surface area contributed by atoms with Crippen LogP contribution in [0.5, 0.6) is 0 Å². The van der Waals surface area contributed by atoms with Crippen molar-refractivity contribution in [2.75, 3.05) is 19.7 Å². The summed E-state index contributed by atoms with van der Waals surface area (Å²) >= 11 is 0. The summed E-state index contributed by atoms with van der Waals surface area (Å²) in [6.07, 6.45) is 0.615. The summed E-state index contributed by atoms with van der Waals surface area (Å²) in [5.74, 6) is 1.05. The molecule has 1 atom stereocenters. The number of aromatic nitrogens is 4. The average molecular weight is 275 g/mol. The lowest BCUT2D eigenvalue weighted by Gasteiger charge is -2.20. The molecule has 1 saturated heterocycles. The van der Waals surface area contributed by atoms with Crippen LogP contribution in [0.25, 0.3) is 11.5 Å². The highest BCUT2D eigenvalue weighted by atomic mass is 16.5. The van der Waals surface area contributed by atoms with Crippen LogP contribution in [0.2, 0.25) is 0 Å². The van der Waals surface area contributed by atoms with Crippen molar-refractivity contribution >= 4 is 0 Å². The molecule has 20 heavy (non-hydrogen) atoms. The van der Waals surface area contributed by atoms with E-state index in [4.69, 9.17) is 9.26 Å². The standard InChI is InChI=1S/C13H17N5O2/c1-3-10-9(6-8(2)16-17-10)13-15-12(18-20-13)11-7-14-4-5-19-11/h6,11,14H,3-5,7H2,1-2H3. The molecule has 0 aliphatic carbocycles. The molecule has 0 aromatic carbocycles. The Bertz CT molecular complexity index is 592. The van der Waals surface area contributed by atoms with Gasteiger partial charge in [-0.15, -0.1) is 0 Å². The van der Waals surface area contributed by atoms with Gasteiger partial charge in [0.25, 0.3) is 5.89 Å². The fraction of sp³-hybridized carbons (Fsp3) is 0.538.